The predicted molar refractivity (Wildman–Crippen MR) is 179 cm³/mol. The fourth-order valence-electron chi connectivity index (χ4n) is 6.46. The normalized spacial score (nSPS) is 24.5. The highest BCUT2D eigenvalue weighted by atomic mass is 32.2. The van der Waals surface area contributed by atoms with Gasteiger partial charge in [0.05, 0.1) is 18.4 Å². The molecule has 254 valence electrons. The van der Waals surface area contributed by atoms with Crippen molar-refractivity contribution in [1.29, 1.82) is 0 Å². The lowest BCUT2D eigenvalue weighted by atomic mass is 10.0. The van der Waals surface area contributed by atoms with Crippen LogP contribution in [0.15, 0.2) is 67.5 Å². The topological polar surface area (TPSA) is 169 Å². The number of benzene rings is 1. The maximum Gasteiger partial charge on any atom is 0.254 e. The van der Waals surface area contributed by atoms with Crippen LogP contribution in [0, 0.1) is 11.8 Å². The number of hydrogen-bond acceptors (Lipinski definition) is 11. The molecule has 6 rings (SSSR count). The molecule has 2 aromatic heterocycles. The van der Waals surface area contributed by atoms with Crippen LogP contribution in [0.3, 0.4) is 0 Å². The van der Waals surface area contributed by atoms with Crippen LogP contribution in [-0.4, -0.2) is 83.6 Å². The Morgan fingerprint density at radius 2 is 1.90 bits per heavy atom. The summed E-state index contributed by atoms with van der Waals surface area (Å²) in [4.78, 5) is 51.8. The van der Waals surface area contributed by atoms with Gasteiger partial charge in [0.2, 0.25) is 27.7 Å². The first-order valence-corrected chi connectivity index (χ1v) is 17.6. The Kier molecular flexibility index (Phi) is 9.14. The molecule has 14 heteroatoms. The highest BCUT2D eigenvalue weighted by Gasteiger charge is 2.67. The van der Waals surface area contributed by atoms with E-state index in [0.717, 1.165) is 10.8 Å². The van der Waals surface area contributed by atoms with E-state index < -0.39 is 62.6 Å². The average Bonchev–Trinajstić information content (AvgIpc) is 4.00. The van der Waals surface area contributed by atoms with E-state index in [1.807, 2.05) is 32.0 Å². The van der Waals surface area contributed by atoms with Gasteiger partial charge in [-0.05, 0) is 67.0 Å². The summed E-state index contributed by atoms with van der Waals surface area (Å²) in [7, 11) is -2.29. The van der Waals surface area contributed by atoms with Crippen molar-refractivity contribution in [1.82, 2.24) is 24.9 Å². The standard InChI is InChI=1S/C34H40N6O7S/c1-5-22-18-34(22,33(43)39-48(44,45)25-10-11-25)40-19-24(47-32-26-12-9-23(46-4)16-21(26)13-15-36-32)17-27(40)30(41)38-31(42)29(20(2)3)37-28-8-6-7-14-35-28/h5-9,12-16,20,22,24-25,27,29H,1,10-11,17-19H2,2-4H3,(H,35,37)(H,39,43)(H,38,41,42)/t22-,24-,27+,29?,34-/m1/s1. The Morgan fingerprint density at radius 3 is 2.54 bits per heavy atom. The third-order valence-electron chi connectivity index (χ3n) is 9.32. The fraction of sp³-hybridized carbons (Fsp3) is 0.441. The molecule has 0 spiro atoms. The molecule has 3 N–H and O–H groups in total. The zero-order valence-electron chi connectivity index (χ0n) is 27.1. The summed E-state index contributed by atoms with van der Waals surface area (Å²) in [5.41, 5.74) is -1.36. The summed E-state index contributed by atoms with van der Waals surface area (Å²) in [6.07, 6.45) is 5.53. The van der Waals surface area contributed by atoms with Crippen LogP contribution < -0.4 is 24.8 Å². The van der Waals surface area contributed by atoms with Gasteiger partial charge in [0.1, 0.15) is 29.3 Å². The minimum atomic E-state index is -3.87. The van der Waals surface area contributed by atoms with Crippen molar-refractivity contribution in [2.24, 2.45) is 11.8 Å². The van der Waals surface area contributed by atoms with Crippen LogP contribution in [0.4, 0.5) is 5.82 Å². The van der Waals surface area contributed by atoms with Gasteiger partial charge in [0.15, 0.2) is 0 Å². The fourth-order valence-corrected chi connectivity index (χ4v) is 7.82. The molecule has 1 saturated heterocycles. The zero-order valence-corrected chi connectivity index (χ0v) is 27.9. The van der Waals surface area contributed by atoms with E-state index in [2.05, 4.69) is 31.9 Å². The first-order chi connectivity index (χ1) is 23.0. The largest absolute Gasteiger partial charge is 0.497 e. The van der Waals surface area contributed by atoms with Crippen molar-refractivity contribution in [3.8, 4) is 11.6 Å². The molecule has 1 unspecified atom stereocenters. The van der Waals surface area contributed by atoms with Crippen LogP contribution in [0.2, 0.25) is 0 Å². The number of aromatic nitrogens is 2. The summed E-state index contributed by atoms with van der Waals surface area (Å²) in [6, 6.07) is 10.8. The SMILES string of the molecule is C=C[C@@H]1C[C@@]1(C(=O)NS(=O)(=O)C1CC1)N1C[C@H](Oc2nccc3cc(OC)ccc23)C[C@H]1C(=O)NC(=O)C(Nc1ccccn1)C(C)C. The molecule has 2 saturated carbocycles. The number of sulfonamides is 1. The number of likely N-dealkylation sites (tertiary alicyclic amines) is 1. The summed E-state index contributed by atoms with van der Waals surface area (Å²) < 4.78 is 39.8. The number of nitrogens with one attached hydrogen (secondary N) is 3. The summed E-state index contributed by atoms with van der Waals surface area (Å²) in [5, 5.41) is 6.61. The molecular formula is C34H40N6O7S. The van der Waals surface area contributed by atoms with E-state index in [1.54, 1.807) is 54.7 Å². The third kappa shape index (κ3) is 6.59. The number of pyridine rings is 2. The predicted octanol–water partition coefficient (Wildman–Crippen LogP) is 2.79. The molecule has 5 atom stereocenters. The average molecular weight is 677 g/mol. The molecule has 1 aromatic carbocycles. The Hall–Kier alpha value is -4.56. The van der Waals surface area contributed by atoms with Gasteiger partial charge in [0.25, 0.3) is 5.91 Å². The van der Waals surface area contributed by atoms with Gasteiger partial charge in [-0.3, -0.25) is 29.3 Å². The number of ether oxygens (including phenoxy) is 2. The smallest absolute Gasteiger partial charge is 0.254 e. The number of nitrogens with zero attached hydrogens (tertiary/aromatic N) is 3. The number of methoxy groups -OCH3 is 1. The van der Waals surface area contributed by atoms with Crippen LogP contribution in [0.1, 0.15) is 39.5 Å². The number of rotatable bonds is 13. The highest BCUT2D eigenvalue weighted by Crippen LogP contribution is 2.53. The van der Waals surface area contributed by atoms with Crippen molar-refractivity contribution in [3.63, 3.8) is 0 Å². The van der Waals surface area contributed by atoms with Gasteiger partial charge < -0.3 is 14.8 Å². The van der Waals surface area contributed by atoms with Gasteiger partial charge >= 0.3 is 0 Å². The number of anilines is 1. The Morgan fingerprint density at radius 1 is 1.10 bits per heavy atom. The van der Waals surface area contributed by atoms with Gasteiger partial charge in [0, 0.05) is 36.7 Å². The molecule has 3 aromatic rings. The molecule has 3 aliphatic rings. The lowest BCUT2D eigenvalue weighted by Gasteiger charge is -2.32. The van der Waals surface area contributed by atoms with Crippen LogP contribution in [-0.2, 0) is 24.4 Å². The zero-order chi connectivity index (χ0) is 34.2. The maximum absolute atomic E-state index is 14.0. The van der Waals surface area contributed by atoms with E-state index in [-0.39, 0.29) is 25.3 Å². The maximum atomic E-state index is 14.0. The van der Waals surface area contributed by atoms with Gasteiger partial charge in [-0.15, -0.1) is 6.58 Å². The number of hydrogen-bond donors (Lipinski definition) is 3. The molecule has 2 aliphatic carbocycles. The minimum absolute atomic E-state index is 0.0987. The highest BCUT2D eigenvalue weighted by molar-refractivity contribution is 7.91. The monoisotopic (exact) mass is 676 g/mol. The molecule has 0 radical (unpaired) electrons. The first-order valence-electron chi connectivity index (χ1n) is 16.0. The van der Waals surface area contributed by atoms with E-state index in [9.17, 15) is 22.8 Å². The second-order valence-electron chi connectivity index (χ2n) is 12.9. The number of carbonyl (C=O) groups excluding carboxylic acids is 3. The minimum Gasteiger partial charge on any atom is -0.497 e. The van der Waals surface area contributed by atoms with Crippen molar-refractivity contribution in [2.45, 2.75) is 68.5 Å². The van der Waals surface area contributed by atoms with Crippen molar-refractivity contribution in [3.05, 3.63) is 67.5 Å². The van der Waals surface area contributed by atoms with Gasteiger partial charge in [-0.25, -0.2) is 18.4 Å². The molecule has 3 fully saturated rings. The Labute approximate surface area is 279 Å². The molecular weight excluding hydrogens is 636 g/mol. The molecule has 0 bridgehead atoms. The molecule has 3 amide bonds. The summed E-state index contributed by atoms with van der Waals surface area (Å²) >= 11 is 0. The van der Waals surface area contributed by atoms with Crippen molar-refractivity contribution < 1.29 is 32.3 Å². The van der Waals surface area contributed by atoms with E-state index >= 15 is 0 Å². The number of amides is 3. The van der Waals surface area contributed by atoms with Crippen LogP contribution in [0.5, 0.6) is 11.6 Å². The third-order valence-corrected chi connectivity index (χ3v) is 11.1. The summed E-state index contributed by atoms with van der Waals surface area (Å²) in [6.45, 7) is 7.67. The van der Waals surface area contributed by atoms with E-state index in [1.165, 1.54) is 0 Å². The van der Waals surface area contributed by atoms with E-state index in [0.29, 0.717) is 30.3 Å². The Balaban J connectivity index is 1.29. The number of fused-ring (bicyclic) bond motifs is 1. The van der Waals surface area contributed by atoms with Crippen LogP contribution >= 0.6 is 0 Å². The van der Waals surface area contributed by atoms with Crippen molar-refractivity contribution >= 4 is 44.3 Å². The number of carbonyl (C=O) groups is 3. The van der Waals surface area contributed by atoms with Crippen LogP contribution in [0.25, 0.3) is 10.8 Å². The summed E-state index contributed by atoms with van der Waals surface area (Å²) in [5.74, 6) is -1.03. The number of imide groups is 1. The second kappa shape index (κ2) is 13.2. The quantitative estimate of drug-likeness (QED) is 0.228. The molecule has 3 heterocycles. The van der Waals surface area contributed by atoms with Crippen molar-refractivity contribution in [2.75, 3.05) is 19.0 Å². The lowest BCUT2D eigenvalue weighted by Crippen LogP contribution is -2.58. The molecule has 48 heavy (non-hydrogen) atoms. The second-order valence-corrected chi connectivity index (χ2v) is 14.9. The lowest BCUT2D eigenvalue weighted by molar-refractivity contribution is -0.136. The van der Waals surface area contributed by atoms with Gasteiger partial charge in [-0.2, -0.15) is 0 Å². The first kappa shape index (κ1) is 33.3. The molecule has 1 aliphatic heterocycles. The van der Waals surface area contributed by atoms with E-state index in [4.69, 9.17) is 9.47 Å². The Bertz CT molecular complexity index is 1830. The molecule has 13 nitrogen and oxygen atoms in total. The van der Waals surface area contributed by atoms with Gasteiger partial charge in [-0.1, -0.05) is 26.0 Å².